The fourth-order valence-corrected chi connectivity index (χ4v) is 8.83. The third kappa shape index (κ3) is 9.90. The number of carbonyl (C=O) groups is 4. The molecule has 11 heteroatoms. The molecule has 2 bridgehead atoms. The number of methoxy groups -OCH3 is 2. The molecular weight excluding hydrogens is 646 g/mol. The highest BCUT2D eigenvalue weighted by molar-refractivity contribution is 5.90. The first kappa shape index (κ1) is 40.7. The zero-order chi connectivity index (χ0) is 37.4. The Hall–Kier alpha value is -3.02. The molecule has 1 saturated carbocycles. The summed E-state index contributed by atoms with van der Waals surface area (Å²) in [6.07, 6.45) is 5.24. The summed E-state index contributed by atoms with van der Waals surface area (Å²) in [7, 11) is 4.97. The maximum absolute atomic E-state index is 14.2. The SMILES string of the molecule is CC[C@H](C)[C@@H](C(CC(=O)N1CCC[C@H]1C(OC)[C@@H](C)C(=O)N[C@H](C)Cc1ccccc1)OC)N(C)C(=O)[C@@H](NC(=O)[C@H]1N[C@@H]2CC[C@H]1C2)C(C)C. The summed E-state index contributed by atoms with van der Waals surface area (Å²) in [4.78, 5) is 58.7. The molecule has 51 heavy (non-hydrogen) atoms. The van der Waals surface area contributed by atoms with Gasteiger partial charge in [0.25, 0.3) is 0 Å². The van der Waals surface area contributed by atoms with Crippen molar-refractivity contribution in [1.82, 2.24) is 25.8 Å². The van der Waals surface area contributed by atoms with Crippen molar-refractivity contribution in [1.29, 1.82) is 0 Å². The van der Waals surface area contributed by atoms with Crippen molar-refractivity contribution in [2.24, 2.45) is 23.7 Å². The molecule has 4 rings (SSSR count). The predicted octanol–water partition coefficient (Wildman–Crippen LogP) is 3.94. The molecule has 1 aromatic carbocycles. The summed E-state index contributed by atoms with van der Waals surface area (Å²) in [5.74, 6) is -0.723. The minimum atomic E-state index is -0.698. The maximum atomic E-state index is 14.2. The lowest BCUT2D eigenvalue weighted by Crippen LogP contribution is -2.59. The van der Waals surface area contributed by atoms with Gasteiger partial charge in [-0.15, -0.1) is 0 Å². The molecular formula is C40H65N5O6. The molecule has 1 aromatic rings. The third-order valence-electron chi connectivity index (χ3n) is 11.9. The van der Waals surface area contributed by atoms with Crippen LogP contribution in [-0.4, -0.2) is 110 Å². The maximum Gasteiger partial charge on any atom is 0.245 e. The van der Waals surface area contributed by atoms with E-state index in [1.165, 1.54) is 0 Å². The normalized spacial score (nSPS) is 25.5. The van der Waals surface area contributed by atoms with Gasteiger partial charge in [-0.1, -0.05) is 71.4 Å². The van der Waals surface area contributed by atoms with Crippen molar-refractivity contribution in [2.45, 2.75) is 141 Å². The van der Waals surface area contributed by atoms with E-state index in [1.54, 1.807) is 26.2 Å². The van der Waals surface area contributed by atoms with Gasteiger partial charge in [0.15, 0.2) is 0 Å². The van der Waals surface area contributed by atoms with Gasteiger partial charge < -0.3 is 35.2 Å². The predicted molar refractivity (Wildman–Crippen MR) is 199 cm³/mol. The molecule has 0 spiro atoms. The standard InChI is InChI=1S/C40H65N5O6/c1-10-25(4)36(44(7)40(49)34(24(2)3)43-39(48)35-29-18-19-30(22-29)42-35)32(50-8)23-33(46)45-20-14-17-31(45)37(51-9)27(6)38(47)41-26(5)21-28-15-12-11-13-16-28/h11-13,15-16,24-27,29-32,34-37,42H,10,14,17-23H2,1-9H3,(H,41,47)(H,43,48)/t25-,26+,27+,29-,30+,31-,32?,34-,35-,36-,37?/m0/s1. The van der Waals surface area contributed by atoms with Gasteiger partial charge in [-0.3, -0.25) is 19.2 Å². The summed E-state index contributed by atoms with van der Waals surface area (Å²) >= 11 is 0. The molecule has 3 aliphatic rings. The quantitative estimate of drug-likeness (QED) is 0.211. The first-order chi connectivity index (χ1) is 24.3. The highest BCUT2D eigenvalue weighted by atomic mass is 16.5. The van der Waals surface area contributed by atoms with Gasteiger partial charge in [0, 0.05) is 39.9 Å². The van der Waals surface area contributed by atoms with Crippen LogP contribution in [0.4, 0.5) is 0 Å². The van der Waals surface area contributed by atoms with Crippen LogP contribution < -0.4 is 16.0 Å². The van der Waals surface area contributed by atoms with Crippen LogP contribution in [0.15, 0.2) is 30.3 Å². The van der Waals surface area contributed by atoms with E-state index in [-0.39, 0.29) is 60.0 Å². The van der Waals surface area contributed by atoms with Gasteiger partial charge in [-0.2, -0.15) is 0 Å². The van der Waals surface area contributed by atoms with Crippen molar-refractivity contribution in [3.8, 4) is 0 Å². The molecule has 2 heterocycles. The number of piperidine rings is 1. The molecule has 0 aromatic heterocycles. The topological polar surface area (TPSA) is 129 Å². The van der Waals surface area contributed by atoms with E-state index in [9.17, 15) is 19.2 Å². The molecule has 11 atom stereocenters. The molecule has 4 amide bonds. The van der Waals surface area contributed by atoms with E-state index in [0.717, 1.165) is 50.5 Å². The highest BCUT2D eigenvalue weighted by Crippen LogP contribution is 2.35. The number of carbonyl (C=O) groups excluding carboxylic acids is 4. The second-order valence-corrected chi connectivity index (χ2v) is 15.8. The van der Waals surface area contributed by atoms with E-state index >= 15 is 0 Å². The number of rotatable bonds is 18. The first-order valence-electron chi connectivity index (χ1n) is 19.3. The Morgan fingerprint density at radius 2 is 1.69 bits per heavy atom. The van der Waals surface area contributed by atoms with Gasteiger partial charge in [0.1, 0.15) is 6.04 Å². The smallest absolute Gasteiger partial charge is 0.245 e. The van der Waals surface area contributed by atoms with Crippen LogP contribution in [-0.2, 0) is 35.1 Å². The van der Waals surface area contributed by atoms with E-state index < -0.39 is 30.2 Å². The Kier molecular flexibility index (Phi) is 14.9. The van der Waals surface area contributed by atoms with E-state index in [0.29, 0.717) is 18.5 Å². The van der Waals surface area contributed by atoms with Gasteiger partial charge in [-0.05, 0) is 68.8 Å². The summed E-state index contributed by atoms with van der Waals surface area (Å²) in [5.41, 5.74) is 1.15. The highest BCUT2D eigenvalue weighted by Gasteiger charge is 2.45. The zero-order valence-electron chi connectivity index (χ0n) is 32.5. The lowest BCUT2D eigenvalue weighted by atomic mass is 9.89. The summed E-state index contributed by atoms with van der Waals surface area (Å²) in [6, 6.07) is 8.79. The van der Waals surface area contributed by atoms with Crippen molar-refractivity contribution in [2.75, 3.05) is 27.8 Å². The number of likely N-dealkylation sites (N-methyl/N-ethyl adjacent to an activating group) is 1. The molecule has 11 nitrogen and oxygen atoms in total. The molecule has 3 fully saturated rings. The number of hydrogen-bond donors (Lipinski definition) is 3. The van der Waals surface area contributed by atoms with Gasteiger partial charge in [0.2, 0.25) is 23.6 Å². The first-order valence-corrected chi connectivity index (χ1v) is 19.3. The largest absolute Gasteiger partial charge is 0.379 e. The van der Waals surface area contributed by atoms with Crippen molar-refractivity contribution in [3.05, 3.63) is 35.9 Å². The second-order valence-electron chi connectivity index (χ2n) is 15.8. The third-order valence-corrected chi connectivity index (χ3v) is 11.9. The van der Waals surface area contributed by atoms with Crippen LogP contribution in [0, 0.1) is 23.7 Å². The van der Waals surface area contributed by atoms with Crippen LogP contribution in [0.25, 0.3) is 0 Å². The number of nitrogens with zero attached hydrogens (tertiary/aromatic N) is 2. The minimum Gasteiger partial charge on any atom is -0.379 e. The Bertz CT molecular complexity index is 1310. The Morgan fingerprint density at radius 1 is 0.980 bits per heavy atom. The van der Waals surface area contributed by atoms with Crippen molar-refractivity contribution < 1.29 is 28.7 Å². The van der Waals surface area contributed by atoms with Crippen LogP contribution in [0.2, 0.25) is 0 Å². The average Bonchev–Trinajstić information content (AvgIpc) is 3.89. The number of benzene rings is 1. The van der Waals surface area contributed by atoms with Crippen LogP contribution in [0.1, 0.15) is 92.1 Å². The van der Waals surface area contributed by atoms with Crippen LogP contribution in [0.5, 0.6) is 0 Å². The molecule has 2 aliphatic heterocycles. The number of ether oxygens (including phenoxy) is 2. The molecule has 1 aliphatic carbocycles. The Labute approximate surface area is 306 Å². The van der Waals surface area contributed by atoms with E-state index in [1.807, 2.05) is 50.8 Å². The second kappa shape index (κ2) is 18.6. The molecule has 3 N–H and O–H groups in total. The Balaban J connectivity index is 1.43. The van der Waals surface area contributed by atoms with Crippen molar-refractivity contribution >= 4 is 23.6 Å². The number of amides is 4. The van der Waals surface area contributed by atoms with Gasteiger partial charge >= 0.3 is 0 Å². The minimum absolute atomic E-state index is 0.0233. The Morgan fingerprint density at radius 3 is 2.25 bits per heavy atom. The van der Waals surface area contributed by atoms with Gasteiger partial charge in [-0.25, -0.2) is 0 Å². The average molecular weight is 712 g/mol. The number of likely N-dealkylation sites (tertiary alicyclic amines) is 1. The fraction of sp³-hybridized carbons (Fsp3) is 0.750. The van der Waals surface area contributed by atoms with Crippen LogP contribution in [0.3, 0.4) is 0 Å². The monoisotopic (exact) mass is 711 g/mol. The summed E-state index contributed by atoms with van der Waals surface area (Å²) < 4.78 is 12.0. The summed E-state index contributed by atoms with van der Waals surface area (Å²) in [5, 5.41) is 9.69. The van der Waals surface area contributed by atoms with Crippen molar-refractivity contribution in [3.63, 3.8) is 0 Å². The number of fused-ring (bicyclic) bond motifs is 2. The zero-order valence-corrected chi connectivity index (χ0v) is 32.5. The number of nitrogens with one attached hydrogen (secondary N) is 3. The van der Waals surface area contributed by atoms with Gasteiger partial charge in [0.05, 0.1) is 42.7 Å². The van der Waals surface area contributed by atoms with E-state index in [2.05, 4.69) is 41.9 Å². The summed E-state index contributed by atoms with van der Waals surface area (Å²) in [6.45, 7) is 12.5. The lowest BCUT2D eigenvalue weighted by Gasteiger charge is -2.41. The molecule has 0 radical (unpaired) electrons. The number of hydrogen-bond acceptors (Lipinski definition) is 7. The molecule has 286 valence electrons. The van der Waals surface area contributed by atoms with Crippen LogP contribution >= 0.6 is 0 Å². The lowest BCUT2D eigenvalue weighted by molar-refractivity contribution is -0.147. The molecule has 2 saturated heterocycles. The fourth-order valence-electron chi connectivity index (χ4n) is 8.83. The van der Waals surface area contributed by atoms with E-state index in [4.69, 9.17) is 9.47 Å². The molecule has 2 unspecified atom stereocenters.